The number of ether oxygens (including phenoxy) is 1. The van der Waals surface area contributed by atoms with Gasteiger partial charge in [0.25, 0.3) is 5.91 Å². The first kappa shape index (κ1) is 26.6. The number of hydrogen-bond acceptors (Lipinski definition) is 7. The van der Waals surface area contributed by atoms with Gasteiger partial charge in [-0.25, -0.2) is 18.0 Å². The van der Waals surface area contributed by atoms with Gasteiger partial charge in [0.05, 0.1) is 26.2 Å². The standard InChI is InChI=1S/C23H15Cl3N4O6S2/c1-11-8-19-18(10-15(11)25)37-23(29-38(19,34)35)28-20(31)13-4-2-3-5-17(13)30(22(33)36-23)21(32)27-12-6-7-14(24)16(26)9-12/h2-10,29H,1H3,(H,27,32)(H,28,31). The van der Waals surface area contributed by atoms with Crippen LogP contribution in [0.3, 0.4) is 0 Å². The van der Waals surface area contributed by atoms with Crippen LogP contribution >= 0.6 is 46.6 Å². The quantitative estimate of drug-likeness (QED) is 0.327. The minimum absolute atomic E-state index is 0.0969. The van der Waals surface area contributed by atoms with Gasteiger partial charge in [0.2, 0.25) is 10.0 Å². The van der Waals surface area contributed by atoms with Gasteiger partial charge in [-0.05, 0) is 66.7 Å². The van der Waals surface area contributed by atoms with E-state index in [1.807, 2.05) is 0 Å². The minimum atomic E-state index is -4.30. The van der Waals surface area contributed by atoms with Crippen LogP contribution in [0.1, 0.15) is 15.9 Å². The molecule has 0 saturated carbocycles. The number of thioether (sulfide) groups is 1. The maximum Gasteiger partial charge on any atom is 0.426 e. The third kappa shape index (κ3) is 4.79. The highest BCUT2D eigenvalue weighted by Gasteiger charge is 2.50. The van der Waals surface area contributed by atoms with Crippen LogP contribution in [-0.4, -0.2) is 31.6 Å². The van der Waals surface area contributed by atoms with Crippen molar-refractivity contribution in [1.82, 2.24) is 10.0 Å². The van der Waals surface area contributed by atoms with Crippen LogP contribution in [0.25, 0.3) is 0 Å². The molecule has 2 aliphatic heterocycles. The maximum atomic E-state index is 13.5. The predicted octanol–water partition coefficient (Wildman–Crippen LogP) is 5.57. The van der Waals surface area contributed by atoms with Gasteiger partial charge >= 0.3 is 17.3 Å². The topological polar surface area (TPSA) is 134 Å². The number of nitrogens with one attached hydrogen (secondary N) is 3. The molecule has 5 rings (SSSR count). The molecule has 38 heavy (non-hydrogen) atoms. The number of benzene rings is 3. The number of aryl methyl sites for hydroxylation is 1. The Morgan fingerprint density at radius 3 is 2.50 bits per heavy atom. The van der Waals surface area contributed by atoms with Gasteiger partial charge in [0.15, 0.2) is 0 Å². The van der Waals surface area contributed by atoms with E-state index in [2.05, 4.69) is 15.4 Å². The molecule has 0 saturated heterocycles. The Morgan fingerprint density at radius 2 is 1.76 bits per heavy atom. The first-order chi connectivity index (χ1) is 17.9. The lowest BCUT2D eigenvalue weighted by Crippen LogP contribution is -2.64. The summed E-state index contributed by atoms with van der Waals surface area (Å²) in [5, 5.41) is 3.25. The number of hydrogen-bond donors (Lipinski definition) is 3. The van der Waals surface area contributed by atoms with E-state index < -0.39 is 33.2 Å². The van der Waals surface area contributed by atoms with E-state index in [0.717, 1.165) is 0 Å². The first-order valence-corrected chi connectivity index (χ1v) is 14.1. The third-order valence-corrected chi connectivity index (χ3v) is 9.50. The molecule has 0 aliphatic carbocycles. The zero-order valence-electron chi connectivity index (χ0n) is 19.0. The van der Waals surface area contributed by atoms with Crippen LogP contribution in [0.15, 0.2) is 64.4 Å². The summed E-state index contributed by atoms with van der Waals surface area (Å²) in [7, 11) is -4.30. The van der Waals surface area contributed by atoms with Crippen molar-refractivity contribution in [1.29, 1.82) is 0 Å². The maximum absolute atomic E-state index is 13.5. The molecule has 3 aromatic rings. The Morgan fingerprint density at radius 1 is 1.03 bits per heavy atom. The molecular formula is C23H15Cl3N4O6S2. The van der Waals surface area contributed by atoms with Crippen molar-refractivity contribution in [2.45, 2.75) is 21.9 Å². The van der Waals surface area contributed by atoms with Crippen molar-refractivity contribution in [2.75, 3.05) is 10.2 Å². The van der Waals surface area contributed by atoms with Gasteiger partial charge in [0.1, 0.15) is 0 Å². The summed E-state index contributed by atoms with van der Waals surface area (Å²) in [5.41, 5.74) is 0.498. The molecule has 1 unspecified atom stereocenters. The van der Waals surface area contributed by atoms with E-state index in [4.69, 9.17) is 39.5 Å². The highest BCUT2D eigenvalue weighted by molar-refractivity contribution is 8.03. The molecule has 15 heteroatoms. The van der Waals surface area contributed by atoms with Crippen LogP contribution in [0.4, 0.5) is 21.0 Å². The van der Waals surface area contributed by atoms with E-state index in [1.165, 1.54) is 54.6 Å². The van der Waals surface area contributed by atoms with Gasteiger partial charge in [0, 0.05) is 15.6 Å². The SMILES string of the molecule is Cc1cc2c(cc1Cl)SC1(NC(=O)c3ccccc3N(C(=O)Nc3ccc(Cl)c(Cl)c3)C(=O)O1)NS2(=O)=O. The van der Waals surface area contributed by atoms with Crippen molar-refractivity contribution < 1.29 is 27.5 Å². The highest BCUT2D eigenvalue weighted by Crippen LogP contribution is 2.43. The molecule has 10 nitrogen and oxygen atoms in total. The summed E-state index contributed by atoms with van der Waals surface area (Å²) in [6, 6.07) is 11.8. The molecule has 2 heterocycles. The number of imide groups is 1. The molecule has 2 aliphatic rings. The number of carbonyl (C=O) groups is 3. The number of fused-ring (bicyclic) bond motifs is 2. The molecular weight excluding hydrogens is 599 g/mol. The smallest absolute Gasteiger partial charge is 0.397 e. The van der Waals surface area contributed by atoms with Crippen molar-refractivity contribution in [2.24, 2.45) is 0 Å². The third-order valence-electron chi connectivity index (χ3n) is 5.49. The largest absolute Gasteiger partial charge is 0.426 e. The van der Waals surface area contributed by atoms with E-state index >= 15 is 0 Å². The van der Waals surface area contributed by atoms with Gasteiger partial charge < -0.3 is 10.1 Å². The molecule has 196 valence electrons. The molecule has 0 radical (unpaired) electrons. The Balaban J connectivity index is 1.58. The zero-order valence-corrected chi connectivity index (χ0v) is 22.9. The van der Waals surface area contributed by atoms with E-state index in [9.17, 15) is 22.8 Å². The zero-order chi connectivity index (χ0) is 27.4. The fraction of sp³-hybridized carbons (Fsp3) is 0.0870. The minimum Gasteiger partial charge on any atom is -0.397 e. The summed E-state index contributed by atoms with van der Waals surface area (Å²) < 4.78 is 34.0. The van der Waals surface area contributed by atoms with Crippen LogP contribution < -0.4 is 20.3 Å². The van der Waals surface area contributed by atoms with E-state index in [0.29, 0.717) is 22.2 Å². The molecule has 0 aromatic heterocycles. The van der Waals surface area contributed by atoms with Crippen LogP contribution in [0, 0.1) is 6.92 Å². The number of carbonyl (C=O) groups excluding carboxylic acids is 3. The molecule has 0 fully saturated rings. The lowest BCUT2D eigenvalue weighted by Gasteiger charge is -2.39. The second kappa shape index (κ2) is 9.63. The van der Waals surface area contributed by atoms with E-state index in [1.54, 1.807) is 6.92 Å². The van der Waals surface area contributed by atoms with Crippen molar-refractivity contribution in [3.8, 4) is 0 Å². The molecule has 1 spiro atoms. The summed E-state index contributed by atoms with van der Waals surface area (Å²) in [6.07, 6.45) is -1.29. The summed E-state index contributed by atoms with van der Waals surface area (Å²) in [4.78, 5) is 40.7. The number of rotatable bonds is 1. The number of anilines is 2. The van der Waals surface area contributed by atoms with Crippen molar-refractivity contribution >= 4 is 86.0 Å². The number of sulfonamides is 1. The Labute approximate surface area is 235 Å². The second-order valence-corrected chi connectivity index (χ2v) is 12.2. The molecule has 1 atom stereocenters. The Bertz CT molecular complexity index is 1650. The second-order valence-electron chi connectivity index (χ2n) is 8.11. The summed E-state index contributed by atoms with van der Waals surface area (Å²) in [5.74, 6) is -0.822. The molecule has 3 aromatic carbocycles. The fourth-order valence-electron chi connectivity index (χ4n) is 3.74. The van der Waals surface area contributed by atoms with Crippen molar-refractivity contribution in [3.63, 3.8) is 0 Å². The Hall–Kier alpha value is -3.00. The van der Waals surface area contributed by atoms with Crippen molar-refractivity contribution in [3.05, 3.63) is 80.8 Å². The summed E-state index contributed by atoms with van der Waals surface area (Å²) >= 11 is 18.9. The number of halogens is 3. The monoisotopic (exact) mass is 612 g/mol. The van der Waals surface area contributed by atoms with E-state index in [-0.39, 0.29) is 41.8 Å². The number of amides is 4. The van der Waals surface area contributed by atoms with Gasteiger partial charge in [-0.3, -0.25) is 10.1 Å². The average Bonchev–Trinajstić information content (AvgIpc) is 2.82. The normalized spacial score (nSPS) is 19.9. The fourth-order valence-corrected chi connectivity index (χ4v) is 7.33. The predicted molar refractivity (Wildman–Crippen MR) is 143 cm³/mol. The average molecular weight is 614 g/mol. The lowest BCUT2D eigenvalue weighted by atomic mass is 10.1. The van der Waals surface area contributed by atoms with Crippen LogP contribution in [-0.2, 0) is 14.8 Å². The van der Waals surface area contributed by atoms with Gasteiger partial charge in [-0.1, -0.05) is 46.9 Å². The number of para-hydroxylation sites is 1. The molecule has 4 amide bonds. The van der Waals surface area contributed by atoms with Gasteiger partial charge in [-0.2, -0.15) is 4.90 Å². The number of urea groups is 1. The van der Waals surface area contributed by atoms with Gasteiger partial charge in [-0.15, -0.1) is 4.72 Å². The highest BCUT2D eigenvalue weighted by atomic mass is 35.5. The molecule has 3 N–H and O–H groups in total. The van der Waals surface area contributed by atoms with Crippen LogP contribution in [0.2, 0.25) is 15.1 Å². The Kier molecular flexibility index (Phi) is 6.74. The number of nitrogens with zero attached hydrogens (tertiary/aromatic N) is 1. The summed E-state index contributed by atoms with van der Waals surface area (Å²) in [6.45, 7) is 1.63. The first-order valence-electron chi connectivity index (χ1n) is 10.6. The van der Waals surface area contributed by atoms with Crippen LogP contribution in [0.5, 0.6) is 0 Å². The lowest BCUT2D eigenvalue weighted by molar-refractivity contribution is 0.0438. The molecule has 0 bridgehead atoms.